The molecule has 1 fully saturated rings. The summed E-state index contributed by atoms with van der Waals surface area (Å²) in [4.78, 5) is 53.6. The number of carbonyl (C=O) groups is 4. The molecule has 0 atom stereocenters. The van der Waals surface area contributed by atoms with Crippen LogP contribution in [0.1, 0.15) is 20.8 Å². The van der Waals surface area contributed by atoms with Gasteiger partial charge in [0.25, 0.3) is 0 Å². The molecule has 0 unspecified atom stereocenters. The van der Waals surface area contributed by atoms with E-state index in [4.69, 9.17) is 4.74 Å². The van der Waals surface area contributed by atoms with Gasteiger partial charge in [0.05, 0.1) is 39.4 Å². The third-order valence-electron chi connectivity index (χ3n) is 5.84. The summed E-state index contributed by atoms with van der Waals surface area (Å²) in [6.07, 6.45) is 0. The zero-order chi connectivity index (χ0) is 28.6. The first-order valence-electron chi connectivity index (χ1n) is 13.0. The highest BCUT2D eigenvalue weighted by atomic mass is 16.5. The molecule has 0 saturated carbocycles. The molecule has 1 heterocycles. The first-order chi connectivity index (χ1) is 17.8. The lowest BCUT2D eigenvalue weighted by Crippen LogP contribution is -2.50. The molecule has 14 nitrogen and oxygen atoms in total. The lowest BCUT2D eigenvalue weighted by molar-refractivity contribution is -0.140. The molecular weight excluding hydrogens is 500 g/mol. The number of rotatable bonds is 14. The van der Waals surface area contributed by atoms with Gasteiger partial charge in [0.15, 0.2) is 0 Å². The smallest absolute Gasteiger partial charge is 0.317 e. The van der Waals surface area contributed by atoms with Crippen LogP contribution in [0, 0.1) is 0 Å². The average molecular weight is 547 g/mol. The number of carboxylic acids is 3. The topological polar surface area (TPSA) is 175 Å². The fourth-order valence-electron chi connectivity index (χ4n) is 3.91. The number of nitrogens with zero attached hydrogens (tertiary/aromatic N) is 4. The first-order valence-corrected chi connectivity index (χ1v) is 13.0. The quantitative estimate of drug-likeness (QED) is 0.151. The fraction of sp³-hybridized carbons (Fsp3) is 0.833. The molecule has 1 rings (SSSR count). The van der Waals surface area contributed by atoms with Crippen molar-refractivity contribution in [1.29, 1.82) is 0 Å². The van der Waals surface area contributed by atoms with E-state index in [-0.39, 0.29) is 37.6 Å². The Labute approximate surface area is 224 Å². The van der Waals surface area contributed by atoms with Gasteiger partial charge in [-0.25, -0.2) is 0 Å². The van der Waals surface area contributed by atoms with Gasteiger partial charge in [-0.05, 0) is 20.8 Å². The van der Waals surface area contributed by atoms with Crippen molar-refractivity contribution in [3.05, 3.63) is 0 Å². The van der Waals surface area contributed by atoms with Crippen molar-refractivity contribution in [3.8, 4) is 0 Å². The SMILES string of the molecule is CC(C)(C)NCCOCCNC(=O)CN1CCN(CC(=O)O)CCN(CC(=O)O)CCN(CC(=O)O)CC1. The van der Waals surface area contributed by atoms with Crippen LogP contribution in [0.3, 0.4) is 0 Å². The summed E-state index contributed by atoms with van der Waals surface area (Å²) in [5.41, 5.74) is 0.0115. The van der Waals surface area contributed by atoms with Crippen molar-refractivity contribution < 1.29 is 39.2 Å². The Hall–Kier alpha value is -2.36. The van der Waals surface area contributed by atoms with Gasteiger partial charge in [0.1, 0.15) is 0 Å². The van der Waals surface area contributed by atoms with Gasteiger partial charge in [-0.2, -0.15) is 0 Å². The van der Waals surface area contributed by atoms with E-state index < -0.39 is 17.9 Å². The van der Waals surface area contributed by atoms with Gasteiger partial charge in [0, 0.05) is 71.0 Å². The van der Waals surface area contributed by atoms with Gasteiger partial charge < -0.3 is 30.7 Å². The number of carbonyl (C=O) groups excluding carboxylic acids is 1. The molecule has 0 aliphatic carbocycles. The zero-order valence-corrected chi connectivity index (χ0v) is 23.0. The Morgan fingerprint density at radius 2 is 0.974 bits per heavy atom. The molecule has 0 aromatic rings. The maximum absolute atomic E-state index is 12.6. The summed E-state index contributed by atoms with van der Waals surface area (Å²) >= 11 is 0. The maximum atomic E-state index is 12.6. The van der Waals surface area contributed by atoms with Gasteiger partial charge >= 0.3 is 17.9 Å². The summed E-state index contributed by atoms with van der Waals surface area (Å²) in [5.74, 6) is -3.18. The summed E-state index contributed by atoms with van der Waals surface area (Å²) in [7, 11) is 0. The lowest BCUT2D eigenvalue weighted by atomic mass is 10.1. The molecule has 0 radical (unpaired) electrons. The molecule has 1 saturated heterocycles. The Kier molecular flexibility index (Phi) is 16.0. The summed E-state index contributed by atoms with van der Waals surface area (Å²) in [5, 5.41) is 34.0. The predicted molar refractivity (Wildman–Crippen MR) is 140 cm³/mol. The van der Waals surface area contributed by atoms with E-state index in [1.54, 1.807) is 14.7 Å². The highest BCUT2D eigenvalue weighted by molar-refractivity contribution is 5.78. The number of hydrogen-bond acceptors (Lipinski definition) is 10. The van der Waals surface area contributed by atoms with Crippen LogP contribution in [0.5, 0.6) is 0 Å². The molecule has 1 aliphatic heterocycles. The van der Waals surface area contributed by atoms with Crippen molar-refractivity contribution in [3.63, 3.8) is 0 Å². The van der Waals surface area contributed by atoms with E-state index in [2.05, 4.69) is 31.4 Å². The fourth-order valence-corrected chi connectivity index (χ4v) is 3.91. The van der Waals surface area contributed by atoms with Crippen molar-refractivity contribution in [2.75, 3.05) is 105 Å². The van der Waals surface area contributed by atoms with Crippen LogP contribution in [0.25, 0.3) is 0 Å². The van der Waals surface area contributed by atoms with E-state index >= 15 is 0 Å². The van der Waals surface area contributed by atoms with Crippen LogP contribution in [0.2, 0.25) is 0 Å². The molecule has 1 amide bonds. The highest BCUT2D eigenvalue weighted by Gasteiger charge is 2.21. The van der Waals surface area contributed by atoms with E-state index in [9.17, 15) is 34.5 Å². The number of ether oxygens (including phenoxy) is 1. The Morgan fingerprint density at radius 1 is 0.632 bits per heavy atom. The standard InChI is InChI=1S/C24H46N6O8/c1-24(2,3)26-5-15-38-14-4-25-20(31)16-27-6-8-28(17-21(32)33)10-12-30(19-23(36)37)13-11-29(9-7-27)18-22(34)35/h26H,4-19H2,1-3H3,(H,25,31)(H,32,33)(H,34,35)(H,36,37). The molecular formula is C24H46N6O8. The second-order valence-corrected chi connectivity index (χ2v) is 10.4. The highest BCUT2D eigenvalue weighted by Crippen LogP contribution is 2.02. The largest absolute Gasteiger partial charge is 0.480 e. The van der Waals surface area contributed by atoms with Crippen molar-refractivity contribution in [2.45, 2.75) is 26.3 Å². The molecule has 14 heteroatoms. The van der Waals surface area contributed by atoms with Crippen LogP contribution < -0.4 is 10.6 Å². The van der Waals surface area contributed by atoms with Gasteiger partial charge in [-0.3, -0.25) is 38.8 Å². The number of aliphatic carboxylic acids is 3. The van der Waals surface area contributed by atoms with Crippen molar-refractivity contribution in [2.24, 2.45) is 0 Å². The van der Waals surface area contributed by atoms with Gasteiger partial charge in [-0.1, -0.05) is 0 Å². The summed E-state index contributed by atoms with van der Waals surface area (Å²) in [6.45, 7) is 10.5. The normalized spacial score (nSPS) is 17.9. The number of hydrogen-bond donors (Lipinski definition) is 5. The Bertz CT molecular complexity index is 716. The molecule has 0 bridgehead atoms. The Balaban J connectivity index is 2.70. The van der Waals surface area contributed by atoms with Crippen LogP contribution in [-0.2, 0) is 23.9 Å². The third kappa shape index (κ3) is 18.0. The zero-order valence-electron chi connectivity index (χ0n) is 23.0. The monoisotopic (exact) mass is 546 g/mol. The first kappa shape index (κ1) is 33.7. The van der Waals surface area contributed by atoms with Crippen molar-refractivity contribution in [1.82, 2.24) is 30.2 Å². The maximum Gasteiger partial charge on any atom is 0.317 e. The van der Waals surface area contributed by atoms with Gasteiger partial charge in [-0.15, -0.1) is 0 Å². The summed E-state index contributed by atoms with van der Waals surface area (Å²) < 4.78 is 5.54. The van der Waals surface area contributed by atoms with Crippen LogP contribution in [0.4, 0.5) is 0 Å². The molecule has 0 spiro atoms. The second-order valence-electron chi connectivity index (χ2n) is 10.4. The van der Waals surface area contributed by atoms with E-state index in [0.717, 1.165) is 0 Å². The van der Waals surface area contributed by atoms with E-state index in [1.807, 2.05) is 4.90 Å². The molecule has 38 heavy (non-hydrogen) atoms. The van der Waals surface area contributed by atoms with E-state index in [0.29, 0.717) is 78.7 Å². The molecule has 5 N–H and O–H groups in total. The second kappa shape index (κ2) is 18.0. The van der Waals surface area contributed by atoms with Crippen LogP contribution >= 0.6 is 0 Å². The Morgan fingerprint density at radius 3 is 1.32 bits per heavy atom. The van der Waals surface area contributed by atoms with E-state index in [1.165, 1.54) is 0 Å². The van der Waals surface area contributed by atoms with Gasteiger partial charge in [0.2, 0.25) is 5.91 Å². The van der Waals surface area contributed by atoms with Crippen LogP contribution in [-0.4, -0.2) is 169 Å². The molecule has 0 aromatic heterocycles. The summed E-state index contributed by atoms with van der Waals surface area (Å²) in [6, 6.07) is 0. The van der Waals surface area contributed by atoms with Crippen molar-refractivity contribution >= 4 is 23.8 Å². The lowest BCUT2D eigenvalue weighted by Gasteiger charge is -2.32. The number of carboxylic acid groups (broad SMARTS) is 3. The number of nitrogens with one attached hydrogen (secondary N) is 2. The minimum absolute atomic E-state index is 0.0115. The average Bonchev–Trinajstić information content (AvgIpc) is 2.78. The minimum Gasteiger partial charge on any atom is -0.480 e. The predicted octanol–water partition coefficient (Wildman–Crippen LogP) is -2.02. The number of amides is 1. The van der Waals surface area contributed by atoms with Crippen LogP contribution in [0.15, 0.2) is 0 Å². The minimum atomic E-state index is -1.00. The molecule has 1 aliphatic rings. The molecule has 0 aromatic carbocycles. The third-order valence-corrected chi connectivity index (χ3v) is 5.84. The molecule has 220 valence electrons.